The predicted octanol–water partition coefficient (Wildman–Crippen LogP) is 4.39. The second-order valence-electron chi connectivity index (χ2n) is 4.35. The monoisotopic (exact) mass is 260 g/mol. The van der Waals surface area contributed by atoms with E-state index in [-0.39, 0.29) is 10.00 Å². The van der Waals surface area contributed by atoms with Gasteiger partial charge in [0.05, 0.1) is 4.08 Å². The Morgan fingerprint density at radius 1 is 0.765 bits per heavy atom. The van der Waals surface area contributed by atoms with E-state index < -0.39 is 0 Å². The Bertz CT molecular complexity index is 418. The maximum Gasteiger partial charge on any atom is 0.0632 e. The molecule has 0 aliphatic rings. The molecule has 0 fully saturated rings. The lowest BCUT2D eigenvalue weighted by Crippen LogP contribution is -2.21. The molecule has 0 unspecified atom stereocenters. The van der Waals surface area contributed by atoms with Crippen LogP contribution in [0.4, 0.5) is 0 Å². The highest BCUT2D eigenvalue weighted by molar-refractivity contribution is 8.00. The first-order valence-corrected chi connectivity index (χ1v) is 6.53. The Morgan fingerprint density at radius 3 is 1.41 bits per heavy atom. The summed E-state index contributed by atoms with van der Waals surface area (Å²) in [5, 5.41) is 0. The van der Waals surface area contributed by atoms with Crippen molar-refractivity contribution in [3.63, 3.8) is 0 Å². The molecule has 0 aliphatic carbocycles. The molecule has 0 heterocycles. The van der Waals surface area contributed by atoms with Gasteiger partial charge in [-0.3, -0.25) is 0 Å². The molecule has 0 atom stereocenters. The molecule has 0 saturated heterocycles. The van der Waals surface area contributed by atoms with Crippen molar-refractivity contribution in [2.24, 2.45) is 0 Å². The van der Waals surface area contributed by atoms with Gasteiger partial charge in [0, 0.05) is 5.92 Å². The Hall–Kier alpha value is -0.860. The average Bonchev–Trinajstić information content (AvgIpc) is 2.30. The van der Waals surface area contributed by atoms with E-state index in [1.54, 1.807) is 0 Å². The van der Waals surface area contributed by atoms with Gasteiger partial charge in [-0.15, -0.1) is 0 Å². The summed E-state index contributed by atoms with van der Waals surface area (Å²) in [7, 11) is 0. The molecule has 88 valence electrons. The van der Waals surface area contributed by atoms with Crippen molar-refractivity contribution in [3.8, 4) is 0 Å². The molecular formula is C15H16S2. The summed E-state index contributed by atoms with van der Waals surface area (Å²) in [6.45, 7) is 2.03. The van der Waals surface area contributed by atoms with Crippen LogP contribution in [0.15, 0.2) is 60.7 Å². The lowest BCUT2D eigenvalue weighted by Gasteiger charge is -2.29. The van der Waals surface area contributed by atoms with Crippen LogP contribution >= 0.6 is 25.3 Å². The minimum Gasteiger partial charge on any atom is -0.161 e. The van der Waals surface area contributed by atoms with Crippen LogP contribution in [0.5, 0.6) is 0 Å². The molecule has 0 saturated carbocycles. The maximum absolute atomic E-state index is 4.64. The molecule has 0 radical (unpaired) electrons. The third kappa shape index (κ3) is 3.08. The maximum atomic E-state index is 4.64. The summed E-state index contributed by atoms with van der Waals surface area (Å²) in [5.74, 6) is 0.177. The minimum absolute atomic E-state index is 0.177. The van der Waals surface area contributed by atoms with Crippen LogP contribution in [-0.2, 0) is 0 Å². The van der Waals surface area contributed by atoms with Crippen molar-refractivity contribution < 1.29 is 0 Å². The normalized spacial score (nSPS) is 11.8. The fourth-order valence-corrected chi connectivity index (χ4v) is 2.71. The van der Waals surface area contributed by atoms with Crippen molar-refractivity contribution in [3.05, 3.63) is 71.8 Å². The highest BCUT2D eigenvalue weighted by Crippen LogP contribution is 2.41. The molecule has 2 aromatic rings. The number of benzene rings is 2. The summed E-state index contributed by atoms with van der Waals surface area (Å²) >= 11 is 9.27. The van der Waals surface area contributed by atoms with Crippen molar-refractivity contribution in [1.29, 1.82) is 0 Å². The lowest BCUT2D eigenvalue weighted by atomic mass is 9.88. The van der Waals surface area contributed by atoms with Crippen molar-refractivity contribution in [2.45, 2.75) is 16.9 Å². The van der Waals surface area contributed by atoms with Crippen LogP contribution in [0.3, 0.4) is 0 Å². The molecule has 0 N–H and O–H groups in total. The number of hydrogen-bond donors (Lipinski definition) is 2. The molecule has 0 nitrogen and oxygen atoms in total. The van der Waals surface area contributed by atoms with Gasteiger partial charge < -0.3 is 0 Å². The van der Waals surface area contributed by atoms with Crippen LogP contribution in [0.1, 0.15) is 24.0 Å². The van der Waals surface area contributed by atoms with Gasteiger partial charge >= 0.3 is 0 Å². The van der Waals surface area contributed by atoms with E-state index in [1.165, 1.54) is 11.1 Å². The summed E-state index contributed by atoms with van der Waals surface area (Å²) in [6, 6.07) is 20.8. The number of hydrogen-bond acceptors (Lipinski definition) is 2. The highest BCUT2D eigenvalue weighted by Gasteiger charge is 2.29. The van der Waals surface area contributed by atoms with E-state index in [2.05, 4.69) is 73.8 Å². The highest BCUT2D eigenvalue weighted by atomic mass is 32.2. The van der Waals surface area contributed by atoms with Gasteiger partial charge in [0.2, 0.25) is 0 Å². The lowest BCUT2D eigenvalue weighted by molar-refractivity contribution is 0.758. The molecular weight excluding hydrogens is 244 g/mol. The quantitative estimate of drug-likeness (QED) is 0.593. The first-order valence-electron chi connectivity index (χ1n) is 5.63. The molecule has 0 aliphatic heterocycles. The van der Waals surface area contributed by atoms with Gasteiger partial charge in [-0.2, -0.15) is 25.3 Å². The molecule has 0 spiro atoms. The van der Waals surface area contributed by atoms with Crippen LogP contribution < -0.4 is 0 Å². The van der Waals surface area contributed by atoms with Gasteiger partial charge in [-0.25, -0.2) is 0 Å². The van der Waals surface area contributed by atoms with Crippen LogP contribution in [0.25, 0.3) is 0 Å². The molecule has 17 heavy (non-hydrogen) atoms. The van der Waals surface area contributed by atoms with Crippen molar-refractivity contribution in [2.75, 3.05) is 0 Å². The molecule has 2 rings (SSSR count). The second-order valence-corrected chi connectivity index (χ2v) is 6.56. The first kappa shape index (κ1) is 12.6. The molecule has 2 aromatic carbocycles. The van der Waals surface area contributed by atoms with Gasteiger partial charge in [-0.05, 0) is 18.1 Å². The minimum atomic E-state index is -0.386. The summed E-state index contributed by atoms with van der Waals surface area (Å²) in [6.07, 6.45) is 0. The van der Waals surface area contributed by atoms with E-state index in [4.69, 9.17) is 0 Å². The zero-order valence-corrected chi connectivity index (χ0v) is 11.5. The van der Waals surface area contributed by atoms with E-state index in [0.717, 1.165) is 0 Å². The van der Waals surface area contributed by atoms with Gasteiger partial charge in [0.15, 0.2) is 0 Å². The fourth-order valence-electron chi connectivity index (χ4n) is 2.11. The van der Waals surface area contributed by atoms with Crippen molar-refractivity contribution in [1.82, 2.24) is 0 Å². The third-order valence-electron chi connectivity index (χ3n) is 2.81. The van der Waals surface area contributed by atoms with Crippen molar-refractivity contribution >= 4 is 25.3 Å². The van der Waals surface area contributed by atoms with Gasteiger partial charge in [0.25, 0.3) is 0 Å². The topological polar surface area (TPSA) is 0 Å². The number of rotatable bonds is 3. The summed E-state index contributed by atoms with van der Waals surface area (Å²) in [5.41, 5.74) is 2.48. The predicted molar refractivity (Wildman–Crippen MR) is 81.1 cm³/mol. The second kappa shape index (κ2) is 5.19. The van der Waals surface area contributed by atoms with Gasteiger partial charge in [-0.1, -0.05) is 60.7 Å². The smallest absolute Gasteiger partial charge is 0.0632 e. The first-order chi connectivity index (χ1) is 8.09. The average molecular weight is 260 g/mol. The zero-order valence-electron chi connectivity index (χ0n) is 9.75. The Morgan fingerprint density at radius 2 is 1.12 bits per heavy atom. The van der Waals surface area contributed by atoms with Crippen LogP contribution in [0.2, 0.25) is 0 Å². The van der Waals surface area contributed by atoms with E-state index in [9.17, 15) is 0 Å². The zero-order chi connectivity index (χ0) is 12.3. The van der Waals surface area contributed by atoms with E-state index >= 15 is 0 Å². The largest absolute Gasteiger partial charge is 0.161 e. The van der Waals surface area contributed by atoms with Crippen LogP contribution in [0, 0.1) is 0 Å². The molecule has 2 heteroatoms. The third-order valence-corrected chi connectivity index (χ3v) is 3.33. The summed E-state index contributed by atoms with van der Waals surface area (Å²) < 4.78 is -0.386. The van der Waals surface area contributed by atoms with Gasteiger partial charge in [0.1, 0.15) is 0 Å². The SMILES string of the molecule is CC(S)(S)C(c1ccccc1)c1ccccc1. The fraction of sp³-hybridized carbons (Fsp3) is 0.200. The Balaban J connectivity index is 2.48. The van der Waals surface area contributed by atoms with E-state index in [1.807, 2.05) is 19.1 Å². The molecule has 0 bridgehead atoms. The Kier molecular flexibility index (Phi) is 3.85. The molecule has 0 amide bonds. The van der Waals surface area contributed by atoms with E-state index in [0.29, 0.717) is 0 Å². The van der Waals surface area contributed by atoms with Crippen LogP contribution in [-0.4, -0.2) is 4.08 Å². The summed E-state index contributed by atoms with van der Waals surface area (Å²) in [4.78, 5) is 0. The molecule has 0 aromatic heterocycles. The standard InChI is InChI=1S/C15H16S2/c1-15(16,17)14(12-8-4-2-5-9-12)13-10-6-3-7-11-13/h2-11,14,16-17H,1H3. The Labute approximate surface area is 114 Å². The number of thiol groups is 2.